The lowest BCUT2D eigenvalue weighted by Gasteiger charge is -2.03. The van der Waals surface area contributed by atoms with Gasteiger partial charge >= 0.3 is 0 Å². The topological polar surface area (TPSA) is 12.0 Å². The van der Waals surface area contributed by atoms with Gasteiger partial charge in [-0.15, -0.1) is 0 Å². The van der Waals surface area contributed by atoms with Crippen LogP contribution in [0.1, 0.15) is 6.92 Å². The van der Waals surface area contributed by atoms with Crippen molar-refractivity contribution in [2.75, 3.05) is 19.9 Å². The minimum Gasteiger partial charge on any atom is -0.299 e. The monoisotopic (exact) mass is 123 g/mol. The standard InChI is InChI=1S/C6H9N3/c1-4-9(5-7-2)6-8-3/h4-6H2,1H3. The van der Waals surface area contributed by atoms with Crippen LogP contribution >= 0.6 is 0 Å². The molecule has 0 amide bonds. The average molecular weight is 123 g/mol. The van der Waals surface area contributed by atoms with Crippen LogP contribution in [-0.2, 0) is 0 Å². The molecule has 0 radical (unpaired) electrons. The van der Waals surface area contributed by atoms with E-state index in [0.29, 0.717) is 13.3 Å². The molecule has 0 spiro atoms. The third-order valence-electron chi connectivity index (χ3n) is 0.989. The fourth-order valence-electron chi connectivity index (χ4n) is 0.445. The summed E-state index contributed by atoms with van der Waals surface area (Å²) in [6, 6.07) is 0. The highest BCUT2D eigenvalue weighted by Crippen LogP contribution is 1.86. The highest BCUT2D eigenvalue weighted by Gasteiger charge is 2.03. The van der Waals surface area contributed by atoms with E-state index >= 15 is 0 Å². The van der Waals surface area contributed by atoms with E-state index in [2.05, 4.69) is 9.69 Å². The van der Waals surface area contributed by atoms with E-state index in [9.17, 15) is 0 Å². The summed E-state index contributed by atoms with van der Waals surface area (Å²) >= 11 is 0. The molecule has 0 fully saturated rings. The summed E-state index contributed by atoms with van der Waals surface area (Å²) in [6.07, 6.45) is 0. The maximum absolute atomic E-state index is 6.50. The molecule has 0 saturated carbocycles. The molecule has 0 heterocycles. The van der Waals surface area contributed by atoms with Crippen molar-refractivity contribution in [2.24, 2.45) is 0 Å². The van der Waals surface area contributed by atoms with Crippen LogP contribution in [0.15, 0.2) is 0 Å². The van der Waals surface area contributed by atoms with Gasteiger partial charge in [0, 0.05) is 6.54 Å². The largest absolute Gasteiger partial charge is 0.299 e. The first kappa shape index (κ1) is 7.94. The zero-order chi connectivity index (χ0) is 7.11. The van der Waals surface area contributed by atoms with Gasteiger partial charge in [-0.3, -0.25) is 9.69 Å². The lowest BCUT2D eigenvalue weighted by atomic mass is 10.6. The van der Waals surface area contributed by atoms with Crippen LogP contribution in [0.5, 0.6) is 0 Å². The third-order valence-corrected chi connectivity index (χ3v) is 0.989. The summed E-state index contributed by atoms with van der Waals surface area (Å²) in [7, 11) is 0. The lowest BCUT2D eigenvalue weighted by Crippen LogP contribution is -2.21. The normalized spacial score (nSPS) is 8.44. The number of nitrogens with zero attached hydrogens (tertiary/aromatic N) is 3. The van der Waals surface area contributed by atoms with Crippen LogP contribution < -0.4 is 0 Å². The molecular formula is C6H9N3. The van der Waals surface area contributed by atoms with Crippen molar-refractivity contribution in [3.63, 3.8) is 0 Å². The highest BCUT2D eigenvalue weighted by atomic mass is 15.2. The quantitative estimate of drug-likeness (QED) is 0.511. The molecule has 0 N–H and O–H groups in total. The maximum Gasteiger partial charge on any atom is 0.276 e. The Balaban J connectivity index is 3.47. The second-order valence-corrected chi connectivity index (χ2v) is 1.59. The van der Waals surface area contributed by atoms with Crippen LogP contribution in [0.4, 0.5) is 0 Å². The van der Waals surface area contributed by atoms with Gasteiger partial charge in [0.15, 0.2) is 0 Å². The van der Waals surface area contributed by atoms with E-state index in [1.165, 1.54) is 0 Å². The Kier molecular flexibility index (Phi) is 4.49. The summed E-state index contributed by atoms with van der Waals surface area (Å²) in [4.78, 5) is 8.09. The van der Waals surface area contributed by atoms with Gasteiger partial charge in [0.2, 0.25) is 0 Å². The molecule has 0 rings (SSSR count). The van der Waals surface area contributed by atoms with Gasteiger partial charge in [0.05, 0.1) is 0 Å². The van der Waals surface area contributed by atoms with Crippen LogP contribution in [0.2, 0.25) is 0 Å². The smallest absolute Gasteiger partial charge is 0.276 e. The molecule has 0 aliphatic carbocycles. The zero-order valence-electron chi connectivity index (χ0n) is 5.46. The molecule has 3 nitrogen and oxygen atoms in total. The van der Waals surface area contributed by atoms with Gasteiger partial charge in [-0.05, 0) is 0 Å². The summed E-state index contributed by atoms with van der Waals surface area (Å²) in [5.74, 6) is 0. The first-order chi connectivity index (χ1) is 4.35. The predicted molar refractivity (Wildman–Crippen MR) is 35.3 cm³/mol. The first-order valence-electron chi connectivity index (χ1n) is 2.74. The minimum atomic E-state index is 0.346. The molecule has 0 bridgehead atoms. The van der Waals surface area contributed by atoms with Crippen molar-refractivity contribution in [2.45, 2.75) is 6.92 Å². The second-order valence-electron chi connectivity index (χ2n) is 1.59. The van der Waals surface area contributed by atoms with E-state index in [4.69, 9.17) is 13.1 Å². The van der Waals surface area contributed by atoms with Crippen LogP contribution in [-0.4, -0.2) is 24.8 Å². The Morgan fingerprint density at radius 2 is 1.67 bits per heavy atom. The SMILES string of the molecule is [C-]#[N+]CN(CC)C[N+]#[C-]. The van der Waals surface area contributed by atoms with Gasteiger partial charge < -0.3 is 0 Å². The lowest BCUT2D eigenvalue weighted by molar-refractivity contribution is 0.351. The van der Waals surface area contributed by atoms with E-state index in [1.54, 1.807) is 4.90 Å². The summed E-state index contributed by atoms with van der Waals surface area (Å²) < 4.78 is 0. The van der Waals surface area contributed by atoms with E-state index in [0.717, 1.165) is 6.54 Å². The maximum atomic E-state index is 6.50. The van der Waals surface area contributed by atoms with Crippen LogP contribution in [0, 0.1) is 13.1 Å². The molecule has 0 atom stereocenters. The zero-order valence-corrected chi connectivity index (χ0v) is 5.46. The average Bonchev–Trinajstić information content (AvgIpc) is 1.88. The number of hydrogen-bond acceptors (Lipinski definition) is 1. The Hall–Kier alpha value is -1.06. The predicted octanol–water partition coefficient (Wildman–Crippen LogP) is 1.06. The van der Waals surface area contributed by atoms with E-state index in [1.807, 2.05) is 6.92 Å². The molecule has 9 heavy (non-hydrogen) atoms. The molecule has 0 aliphatic rings. The molecule has 0 aromatic carbocycles. The molecule has 0 saturated heterocycles. The summed E-state index contributed by atoms with van der Waals surface area (Å²) in [6.45, 7) is 16.4. The Morgan fingerprint density at radius 1 is 1.22 bits per heavy atom. The van der Waals surface area contributed by atoms with Crippen molar-refractivity contribution in [3.8, 4) is 0 Å². The van der Waals surface area contributed by atoms with E-state index < -0.39 is 0 Å². The molecule has 0 aromatic rings. The van der Waals surface area contributed by atoms with Crippen molar-refractivity contribution in [1.29, 1.82) is 0 Å². The minimum absolute atomic E-state index is 0.346. The second kappa shape index (κ2) is 5.08. The van der Waals surface area contributed by atoms with Crippen molar-refractivity contribution in [3.05, 3.63) is 22.8 Å². The third kappa shape index (κ3) is 3.52. The van der Waals surface area contributed by atoms with Gasteiger partial charge in [0.25, 0.3) is 13.3 Å². The molecule has 0 aromatic heterocycles. The van der Waals surface area contributed by atoms with Crippen molar-refractivity contribution < 1.29 is 0 Å². The number of rotatable bonds is 3. The molecule has 0 aliphatic heterocycles. The van der Waals surface area contributed by atoms with Gasteiger partial charge in [-0.2, -0.15) is 4.90 Å². The highest BCUT2D eigenvalue weighted by molar-refractivity contribution is 4.65. The Labute approximate surface area is 55.5 Å². The molecule has 3 heteroatoms. The fourth-order valence-corrected chi connectivity index (χ4v) is 0.445. The van der Waals surface area contributed by atoms with E-state index in [-0.39, 0.29) is 0 Å². The van der Waals surface area contributed by atoms with Crippen LogP contribution in [0.3, 0.4) is 0 Å². The number of hydrogen-bond donors (Lipinski definition) is 0. The molecular weight excluding hydrogens is 114 g/mol. The molecule has 48 valence electrons. The Morgan fingerprint density at radius 3 is 1.89 bits per heavy atom. The fraction of sp³-hybridized carbons (Fsp3) is 0.667. The van der Waals surface area contributed by atoms with Crippen molar-refractivity contribution >= 4 is 0 Å². The molecule has 0 unspecified atom stereocenters. The van der Waals surface area contributed by atoms with Gasteiger partial charge in [-0.25, -0.2) is 13.1 Å². The van der Waals surface area contributed by atoms with Gasteiger partial charge in [-0.1, -0.05) is 6.92 Å². The van der Waals surface area contributed by atoms with Crippen LogP contribution in [0.25, 0.3) is 9.69 Å². The first-order valence-corrected chi connectivity index (χ1v) is 2.74. The van der Waals surface area contributed by atoms with Gasteiger partial charge in [0.1, 0.15) is 0 Å². The van der Waals surface area contributed by atoms with Crippen molar-refractivity contribution in [1.82, 2.24) is 4.90 Å². The summed E-state index contributed by atoms with van der Waals surface area (Å²) in [5, 5.41) is 0. The Bertz CT molecular complexity index is 123. The summed E-state index contributed by atoms with van der Waals surface area (Å²) in [5.41, 5.74) is 0.